The summed E-state index contributed by atoms with van der Waals surface area (Å²) in [5.74, 6) is 1.88. The Morgan fingerprint density at radius 2 is 2.15 bits per heavy atom. The van der Waals surface area contributed by atoms with Gasteiger partial charge in [0.25, 0.3) is 0 Å². The average Bonchev–Trinajstić information content (AvgIpc) is 3.29. The van der Waals surface area contributed by atoms with E-state index < -0.39 is 5.60 Å². The van der Waals surface area contributed by atoms with E-state index in [0.717, 1.165) is 50.3 Å². The highest BCUT2D eigenvalue weighted by Gasteiger charge is 2.47. The first-order valence-electron chi connectivity index (χ1n) is 9.74. The van der Waals surface area contributed by atoms with Gasteiger partial charge in [-0.3, -0.25) is 4.90 Å². The number of nitrogens with zero attached hydrogens (tertiary/aromatic N) is 3. The molecular weight excluding hydrogens is 326 g/mol. The zero-order chi connectivity index (χ0) is 18.1. The minimum atomic E-state index is -0.459. The summed E-state index contributed by atoms with van der Waals surface area (Å²) in [6, 6.07) is 7.93. The zero-order valence-electron chi connectivity index (χ0n) is 15.8. The lowest BCUT2D eigenvalue weighted by atomic mass is 9.69. The lowest BCUT2D eigenvalue weighted by Gasteiger charge is -2.40. The van der Waals surface area contributed by atoms with Gasteiger partial charge in [-0.2, -0.15) is 5.10 Å². The van der Waals surface area contributed by atoms with Crippen molar-refractivity contribution in [2.75, 3.05) is 20.2 Å². The van der Waals surface area contributed by atoms with Crippen LogP contribution in [0.2, 0.25) is 0 Å². The number of fused-ring (bicyclic) bond motifs is 1. The van der Waals surface area contributed by atoms with E-state index in [9.17, 15) is 5.11 Å². The predicted octanol–water partition coefficient (Wildman–Crippen LogP) is 3.25. The van der Waals surface area contributed by atoms with Gasteiger partial charge in [-0.1, -0.05) is 25.5 Å². The fraction of sp³-hybridized carbons (Fsp3) is 0.571. The van der Waals surface area contributed by atoms with Gasteiger partial charge >= 0.3 is 0 Å². The van der Waals surface area contributed by atoms with Gasteiger partial charge in [-0.25, -0.2) is 4.68 Å². The summed E-state index contributed by atoms with van der Waals surface area (Å²) in [6.45, 7) is 5.10. The Balaban J connectivity index is 1.47. The first kappa shape index (κ1) is 17.6. The van der Waals surface area contributed by atoms with Crippen LogP contribution in [0.5, 0.6) is 5.75 Å². The molecule has 1 aromatic carbocycles. The second-order valence-electron chi connectivity index (χ2n) is 7.88. The van der Waals surface area contributed by atoms with Crippen LogP contribution in [0.1, 0.15) is 38.2 Å². The highest BCUT2D eigenvalue weighted by atomic mass is 16.5. The Labute approximate surface area is 155 Å². The molecule has 4 rings (SSSR count). The molecule has 1 saturated carbocycles. The van der Waals surface area contributed by atoms with E-state index >= 15 is 0 Å². The monoisotopic (exact) mass is 355 g/mol. The van der Waals surface area contributed by atoms with E-state index in [1.54, 1.807) is 7.11 Å². The molecular formula is C21H29N3O2. The maximum absolute atomic E-state index is 11.0. The SMILES string of the molecule is CC[C@]1(O)CCC[C@H]2CN(Cc3cnn(-c4ccccc4OC)c3)C[C@H]21. The lowest BCUT2D eigenvalue weighted by molar-refractivity contribution is -0.0613. The number of ether oxygens (including phenoxy) is 1. The first-order valence-corrected chi connectivity index (χ1v) is 9.74. The van der Waals surface area contributed by atoms with Crippen LogP contribution in [0, 0.1) is 11.8 Å². The highest BCUT2D eigenvalue weighted by Crippen LogP contribution is 2.44. The molecule has 2 aromatic rings. The standard InChI is InChI=1S/C21H29N3O2/c1-3-21(25)10-6-7-17-14-23(15-18(17)21)12-16-11-22-24(13-16)19-8-4-5-9-20(19)26-2/h4-5,8-9,11,13,17-18,25H,3,6-7,10,12,14-15H2,1-2H3/t17-,18+,21-/m0/s1. The van der Waals surface area contributed by atoms with Gasteiger partial charge in [0.2, 0.25) is 0 Å². The van der Waals surface area contributed by atoms with Crippen LogP contribution in [-0.2, 0) is 6.54 Å². The molecule has 0 amide bonds. The molecule has 2 aliphatic rings. The molecule has 1 saturated heterocycles. The fourth-order valence-electron chi connectivity index (χ4n) is 4.94. The highest BCUT2D eigenvalue weighted by molar-refractivity contribution is 5.46. The molecule has 26 heavy (non-hydrogen) atoms. The Morgan fingerprint density at radius 1 is 1.31 bits per heavy atom. The largest absolute Gasteiger partial charge is 0.494 e. The summed E-state index contributed by atoms with van der Waals surface area (Å²) in [4.78, 5) is 2.49. The van der Waals surface area contributed by atoms with Gasteiger partial charge in [-0.05, 0) is 37.3 Å². The maximum atomic E-state index is 11.0. The smallest absolute Gasteiger partial charge is 0.144 e. The topological polar surface area (TPSA) is 50.5 Å². The van der Waals surface area contributed by atoms with Crippen LogP contribution < -0.4 is 4.74 Å². The molecule has 0 radical (unpaired) electrons. The number of rotatable bonds is 5. The van der Waals surface area contributed by atoms with Crippen molar-refractivity contribution >= 4 is 0 Å². The van der Waals surface area contributed by atoms with E-state index in [0.29, 0.717) is 11.8 Å². The normalized spacial score (nSPS) is 28.9. The van der Waals surface area contributed by atoms with E-state index in [1.165, 1.54) is 12.0 Å². The molecule has 1 aliphatic carbocycles. The van der Waals surface area contributed by atoms with Gasteiger partial charge in [0, 0.05) is 37.3 Å². The third-order valence-electron chi connectivity index (χ3n) is 6.38. The molecule has 1 aromatic heterocycles. The molecule has 140 valence electrons. The van der Waals surface area contributed by atoms with Crippen molar-refractivity contribution in [1.29, 1.82) is 0 Å². The summed E-state index contributed by atoms with van der Waals surface area (Å²) in [7, 11) is 1.68. The summed E-state index contributed by atoms with van der Waals surface area (Å²) >= 11 is 0. The third-order valence-corrected chi connectivity index (χ3v) is 6.38. The van der Waals surface area contributed by atoms with Gasteiger partial charge < -0.3 is 9.84 Å². The number of benzene rings is 1. The van der Waals surface area contributed by atoms with E-state index in [2.05, 4.69) is 23.1 Å². The van der Waals surface area contributed by atoms with Gasteiger partial charge in [0.05, 0.1) is 18.9 Å². The molecule has 5 nitrogen and oxygen atoms in total. The maximum Gasteiger partial charge on any atom is 0.144 e. The molecule has 5 heteroatoms. The van der Waals surface area contributed by atoms with Gasteiger partial charge in [0.15, 0.2) is 0 Å². The Bertz CT molecular complexity index is 759. The van der Waals surface area contributed by atoms with Crippen LogP contribution in [0.25, 0.3) is 5.69 Å². The van der Waals surface area contributed by atoms with E-state index in [1.807, 2.05) is 35.1 Å². The summed E-state index contributed by atoms with van der Waals surface area (Å²) < 4.78 is 7.33. The van der Waals surface area contributed by atoms with Gasteiger partial charge in [0.1, 0.15) is 11.4 Å². The van der Waals surface area contributed by atoms with Crippen molar-refractivity contribution in [2.24, 2.45) is 11.8 Å². The zero-order valence-corrected chi connectivity index (χ0v) is 15.8. The molecule has 2 heterocycles. The van der Waals surface area contributed by atoms with Crippen LogP contribution in [0.3, 0.4) is 0 Å². The number of aromatic nitrogens is 2. The lowest BCUT2D eigenvalue weighted by Crippen LogP contribution is -2.44. The van der Waals surface area contributed by atoms with Crippen molar-refractivity contribution in [2.45, 2.75) is 44.8 Å². The fourth-order valence-corrected chi connectivity index (χ4v) is 4.94. The van der Waals surface area contributed by atoms with Crippen molar-refractivity contribution < 1.29 is 9.84 Å². The Morgan fingerprint density at radius 3 is 2.96 bits per heavy atom. The first-order chi connectivity index (χ1) is 12.6. The van der Waals surface area contributed by atoms with Crippen LogP contribution in [0.15, 0.2) is 36.7 Å². The summed E-state index contributed by atoms with van der Waals surface area (Å²) in [6.07, 6.45) is 8.28. The van der Waals surface area contributed by atoms with E-state index in [4.69, 9.17) is 4.74 Å². The predicted molar refractivity (Wildman–Crippen MR) is 101 cm³/mol. The van der Waals surface area contributed by atoms with Crippen molar-refractivity contribution in [3.8, 4) is 11.4 Å². The third kappa shape index (κ3) is 3.14. The quantitative estimate of drug-likeness (QED) is 0.894. The van der Waals surface area contributed by atoms with Crippen LogP contribution in [0.4, 0.5) is 0 Å². The number of hydrogen-bond acceptors (Lipinski definition) is 4. The Kier molecular flexibility index (Phi) is 4.76. The summed E-state index contributed by atoms with van der Waals surface area (Å²) in [5, 5.41) is 15.5. The van der Waals surface area contributed by atoms with Crippen molar-refractivity contribution in [3.63, 3.8) is 0 Å². The molecule has 2 fully saturated rings. The minimum absolute atomic E-state index is 0.422. The molecule has 1 N–H and O–H groups in total. The second-order valence-corrected chi connectivity index (χ2v) is 7.88. The Hall–Kier alpha value is -1.85. The minimum Gasteiger partial charge on any atom is -0.494 e. The molecule has 1 aliphatic heterocycles. The molecule has 3 atom stereocenters. The average molecular weight is 355 g/mol. The molecule has 0 spiro atoms. The van der Waals surface area contributed by atoms with E-state index in [-0.39, 0.29) is 0 Å². The van der Waals surface area contributed by atoms with Crippen molar-refractivity contribution in [1.82, 2.24) is 14.7 Å². The number of para-hydroxylation sites is 2. The number of likely N-dealkylation sites (tertiary alicyclic amines) is 1. The summed E-state index contributed by atoms with van der Waals surface area (Å²) in [5.41, 5.74) is 1.70. The number of hydrogen-bond donors (Lipinski definition) is 1. The van der Waals surface area contributed by atoms with Crippen LogP contribution in [-0.4, -0.2) is 45.6 Å². The number of aliphatic hydroxyl groups is 1. The van der Waals surface area contributed by atoms with Crippen LogP contribution >= 0.6 is 0 Å². The van der Waals surface area contributed by atoms with Crippen molar-refractivity contribution in [3.05, 3.63) is 42.2 Å². The number of methoxy groups -OCH3 is 1. The molecule has 0 unspecified atom stereocenters. The second kappa shape index (κ2) is 7.05. The molecule has 0 bridgehead atoms. The van der Waals surface area contributed by atoms with Gasteiger partial charge in [-0.15, -0.1) is 0 Å².